The largest absolute Gasteiger partial charge is 0.492 e. The van der Waals surface area contributed by atoms with Crippen molar-refractivity contribution < 1.29 is 9.53 Å². The molecule has 1 aliphatic heterocycles. The van der Waals surface area contributed by atoms with Crippen LogP contribution in [0.1, 0.15) is 0 Å². The standard InChI is InChI=1S/C23H27N5O2/c1-26(20-5-3-2-4-6-20)23(29)28-17-22(25-18-28)19-7-9-21(10-8-19)30-16-15-27-13-11-24-12-14-27/h2-10,17-18,24H,11-16H2,1H3. The van der Waals surface area contributed by atoms with E-state index in [-0.39, 0.29) is 6.03 Å². The predicted molar refractivity (Wildman–Crippen MR) is 118 cm³/mol. The lowest BCUT2D eigenvalue weighted by Crippen LogP contribution is -2.44. The van der Waals surface area contributed by atoms with Gasteiger partial charge in [0.1, 0.15) is 18.7 Å². The Morgan fingerprint density at radius 1 is 1.10 bits per heavy atom. The van der Waals surface area contributed by atoms with Gasteiger partial charge in [-0.15, -0.1) is 0 Å². The minimum absolute atomic E-state index is 0.159. The van der Waals surface area contributed by atoms with Crippen LogP contribution in [-0.2, 0) is 0 Å². The molecule has 1 saturated heterocycles. The molecule has 30 heavy (non-hydrogen) atoms. The van der Waals surface area contributed by atoms with Gasteiger partial charge < -0.3 is 10.1 Å². The third kappa shape index (κ3) is 4.87. The van der Waals surface area contributed by atoms with Gasteiger partial charge in [0.25, 0.3) is 0 Å². The molecule has 1 aliphatic rings. The predicted octanol–water partition coefficient (Wildman–Crippen LogP) is 2.94. The number of amides is 1. The summed E-state index contributed by atoms with van der Waals surface area (Å²) in [4.78, 5) is 21.1. The lowest BCUT2D eigenvalue weighted by atomic mass is 10.2. The molecule has 7 nitrogen and oxygen atoms in total. The van der Waals surface area contributed by atoms with Crippen LogP contribution in [0, 0.1) is 0 Å². The molecule has 1 fully saturated rings. The van der Waals surface area contributed by atoms with Crippen LogP contribution in [0.5, 0.6) is 5.75 Å². The first kappa shape index (κ1) is 20.1. The molecule has 0 aliphatic carbocycles. The lowest BCUT2D eigenvalue weighted by molar-refractivity contribution is 0.191. The maximum atomic E-state index is 12.7. The third-order valence-corrected chi connectivity index (χ3v) is 5.27. The van der Waals surface area contributed by atoms with Gasteiger partial charge >= 0.3 is 6.03 Å². The summed E-state index contributed by atoms with van der Waals surface area (Å²) < 4.78 is 7.38. The zero-order valence-corrected chi connectivity index (χ0v) is 17.2. The highest BCUT2D eigenvalue weighted by Gasteiger charge is 2.14. The number of nitrogens with one attached hydrogen (secondary N) is 1. The molecule has 0 spiro atoms. The van der Waals surface area contributed by atoms with Crippen molar-refractivity contribution in [3.05, 3.63) is 67.1 Å². The molecule has 156 valence electrons. The number of rotatable bonds is 6. The Hall–Kier alpha value is -3.16. The first-order valence-corrected chi connectivity index (χ1v) is 10.2. The number of carbonyl (C=O) groups excluding carboxylic acids is 1. The van der Waals surface area contributed by atoms with Crippen molar-refractivity contribution in [1.82, 2.24) is 19.8 Å². The molecule has 3 aromatic rings. The van der Waals surface area contributed by atoms with Crippen molar-refractivity contribution in [2.45, 2.75) is 0 Å². The number of piperazine rings is 1. The van der Waals surface area contributed by atoms with E-state index in [2.05, 4.69) is 15.2 Å². The van der Waals surface area contributed by atoms with Crippen molar-refractivity contribution in [2.75, 3.05) is 51.3 Å². The van der Waals surface area contributed by atoms with Crippen LogP contribution in [0.15, 0.2) is 67.1 Å². The molecule has 0 bridgehead atoms. The Morgan fingerprint density at radius 2 is 1.83 bits per heavy atom. The molecule has 7 heteroatoms. The van der Waals surface area contributed by atoms with Gasteiger partial charge in [0.15, 0.2) is 0 Å². The van der Waals surface area contributed by atoms with Gasteiger partial charge in [-0.05, 0) is 36.4 Å². The van der Waals surface area contributed by atoms with Gasteiger partial charge in [0.05, 0.1) is 5.69 Å². The van der Waals surface area contributed by atoms with E-state index in [1.165, 1.54) is 4.57 Å². The summed E-state index contributed by atoms with van der Waals surface area (Å²) in [5.74, 6) is 0.841. The monoisotopic (exact) mass is 405 g/mol. The van der Waals surface area contributed by atoms with E-state index in [0.29, 0.717) is 6.61 Å². The number of ether oxygens (including phenoxy) is 1. The van der Waals surface area contributed by atoms with Crippen molar-refractivity contribution in [3.8, 4) is 17.0 Å². The van der Waals surface area contributed by atoms with Crippen LogP contribution < -0.4 is 15.0 Å². The van der Waals surface area contributed by atoms with Crippen molar-refractivity contribution in [3.63, 3.8) is 0 Å². The molecule has 0 unspecified atom stereocenters. The average molecular weight is 406 g/mol. The molecule has 1 amide bonds. The molecule has 0 atom stereocenters. The molecule has 0 saturated carbocycles. The normalized spacial score (nSPS) is 14.4. The second kappa shape index (κ2) is 9.56. The van der Waals surface area contributed by atoms with Gasteiger partial charge in [-0.25, -0.2) is 9.78 Å². The Balaban J connectivity index is 1.34. The highest BCUT2D eigenvalue weighted by atomic mass is 16.5. The van der Waals surface area contributed by atoms with Crippen molar-refractivity contribution >= 4 is 11.7 Å². The third-order valence-electron chi connectivity index (χ3n) is 5.27. The number of hydrogen-bond donors (Lipinski definition) is 1. The Kier molecular flexibility index (Phi) is 6.41. The smallest absolute Gasteiger partial charge is 0.333 e. The first-order valence-electron chi connectivity index (χ1n) is 10.2. The van der Waals surface area contributed by atoms with Gasteiger partial charge in [-0.2, -0.15) is 0 Å². The summed E-state index contributed by atoms with van der Waals surface area (Å²) in [5.41, 5.74) is 2.52. The van der Waals surface area contributed by atoms with E-state index < -0.39 is 0 Å². The van der Waals surface area contributed by atoms with Crippen LogP contribution in [0.3, 0.4) is 0 Å². The first-order chi connectivity index (χ1) is 14.7. The molecule has 0 radical (unpaired) electrons. The topological polar surface area (TPSA) is 62.6 Å². The van der Waals surface area contributed by atoms with E-state index >= 15 is 0 Å². The summed E-state index contributed by atoms with van der Waals surface area (Å²) in [5, 5.41) is 3.35. The number of benzene rings is 2. The van der Waals surface area contributed by atoms with Gasteiger partial charge in [0.2, 0.25) is 0 Å². The Morgan fingerprint density at radius 3 is 2.57 bits per heavy atom. The fraction of sp³-hybridized carbons (Fsp3) is 0.304. The summed E-state index contributed by atoms with van der Waals surface area (Å²) in [6.07, 6.45) is 3.30. The van der Waals surface area contributed by atoms with Gasteiger partial charge in [-0.1, -0.05) is 18.2 Å². The van der Waals surface area contributed by atoms with E-state index in [4.69, 9.17) is 4.74 Å². The van der Waals surface area contributed by atoms with Crippen molar-refractivity contribution in [2.24, 2.45) is 0 Å². The Labute approximate surface area is 176 Å². The van der Waals surface area contributed by atoms with Gasteiger partial charge in [0, 0.05) is 57.2 Å². The van der Waals surface area contributed by atoms with E-state index in [1.54, 1.807) is 24.5 Å². The minimum atomic E-state index is -0.159. The number of carbonyl (C=O) groups is 1. The van der Waals surface area contributed by atoms with E-state index in [0.717, 1.165) is 55.4 Å². The zero-order chi connectivity index (χ0) is 20.8. The number of nitrogens with zero attached hydrogens (tertiary/aromatic N) is 4. The number of imidazole rings is 1. The van der Waals surface area contributed by atoms with Crippen LogP contribution in [-0.4, -0.2) is 66.9 Å². The Bertz CT molecular complexity index is 949. The van der Waals surface area contributed by atoms with Crippen LogP contribution in [0.2, 0.25) is 0 Å². The SMILES string of the molecule is CN(C(=O)n1cnc(-c2ccc(OCCN3CCNCC3)cc2)c1)c1ccccc1. The molecular formula is C23H27N5O2. The maximum Gasteiger partial charge on any atom is 0.333 e. The van der Waals surface area contributed by atoms with Crippen molar-refractivity contribution in [1.29, 1.82) is 0 Å². The maximum absolute atomic E-state index is 12.7. The molecular weight excluding hydrogens is 378 g/mol. The molecule has 1 aromatic heterocycles. The summed E-state index contributed by atoms with van der Waals surface area (Å²) >= 11 is 0. The van der Waals surface area contributed by atoms with Crippen LogP contribution >= 0.6 is 0 Å². The summed E-state index contributed by atoms with van der Waals surface area (Å²) in [6.45, 7) is 5.85. The molecule has 2 heterocycles. The van der Waals surface area contributed by atoms with Crippen LogP contribution in [0.4, 0.5) is 10.5 Å². The average Bonchev–Trinajstić information content (AvgIpc) is 3.30. The molecule has 1 N–H and O–H groups in total. The number of hydrogen-bond acceptors (Lipinski definition) is 5. The minimum Gasteiger partial charge on any atom is -0.492 e. The number of anilines is 1. The quantitative estimate of drug-likeness (QED) is 0.683. The highest BCUT2D eigenvalue weighted by Crippen LogP contribution is 2.21. The second-order valence-electron chi connectivity index (χ2n) is 7.31. The van der Waals surface area contributed by atoms with Crippen LogP contribution in [0.25, 0.3) is 11.3 Å². The number of aromatic nitrogens is 2. The number of para-hydroxylation sites is 1. The zero-order valence-electron chi connectivity index (χ0n) is 17.2. The molecule has 2 aromatic carbocycles. The van der Waals surface area contributed by atoms with E-state index in [9.17, 15) is 4.79 Å². The van der Waals surface area contributed by atoms with E-state index in [1.807, 2.05) is 54.6 Å². The fourth-order valence-corrected chi connectivity index (χ4v) is 3.46. The lowest BCUT2D eigenvalue weighted by Gasteiger charge is -2.26. The fourth-order valence-electron chi connectivity index (χ4n) is 3.46. The van der Waals surface area contributed by atoms with Gasteiger partial charge in [-0.3, -0.25) is 14.4 Å². The molecule has 4 rings (SSSR count). The highest BCUT2D eigenvalue weighted by molar-refractivity contribution is 5.93. The second-order valence-corrected chi connectivity index (χ2v) is 7.31. The summed E-state index contributed by atoms with van der Waals surface area (Å²) in [6, 6.07) is 17.2. The summed E-state index contributed by atoms with van der Waals surface area (Å²) in [7, 11) is 1.75.